The van der Waals surface area contributed by atoms with Gasteiger partial charge in [-0.15, -0.1) is 0 Å². The molecule has 0 radical (unpaired) electrons. The average Bonchev–Trinajstić information content (AvgIpc) is 2.98. The van der Waals surface area contributed by atoms with Crippen molar-refractivity contribution in [3.8, 4) is 11.1 Å². The fraction of sp³-hybridized carbons (Fsp3) is 0.0833. The Morgan fingerprint density at radius 1 is 0.821 bits per heavy atom. The molecule has 4 heteroatoms. The lowest BCUT2D eigenvalue weighted by Gasteiger charge is -2.14. The van der Waals surface area contributed by atoms with Crippen molar-refractivity contribution in [2.75, 3.05) is 0 Å². The standard InChI is InChI=1S/C24H19NO2S/c1-17-7-5-6-10-21(17)16-25-23(26)22(28-24(25)27)15-18-11-13-20(14-12-18)19-8-3-2-4-9-19/h2-15H,16H2,1H3/b22-15-. The monoisotopic (exact) mass is 385 g/mol. The molecular formula is C24H19NO2S. The zero-order chi connectivity index (χ0) is 19.5. The van der Waals surface area contributed by atoms with Gasteiger partial charge >= 0.3 is 0 Å². The van der Waals surface area contributed by atoms with Gasteiger partial charge in [-0.3, -0.25) is 14.5 Å². The minimum atomic E-state index is -0.231. The van der Waals surface area contributed by atoms with Crippen LogP contribution in [0.2, 0.25) is 0 Å². The summed E-state index contributed by atoms with van der Waals surface area (Å²) >= 11 is 1.00. The summed E-state index contributed by atoms with van der Waals surface area (Å²) < 4.78 is 0. The zero-order valence-electron chi connectivity index (χ0n) is 15.5. The van der Waals surface area contributed by atoms with E-state index in [9.17, 15) is 9.59 Å². The van der Waals surface area contributed by atoms with Crippen LogP contribution in [-0.2, 0) is 11.3 Å². The minimum Gasteiger partial charge on any atom is -0.268 e. The van der Waals surface area contributed by atoms with Crippen molar-refractivity contribution in [1.29, 1.82) is 0 Å². The molecule has 0 N–H and O–H groups in total. The van der Waals surface area contributed by atoms with Gasteiger partial charge in [0.15, 0.2) is 0 Å². The second-order valence-electron chi connectivity index (χ2n) is 6.68. The van der Waals surface area contributed by atoms with Crippen LogP contribution in [0.15, 0.2) is 83.8 Å². The average molecular weight is 385 g/mol. The van der Waals surface area contributed by atoms with Crippen LogP contribution in [-0.4, -0.2) is 16.0 Å². The Kier molecular flexibility index (Phi) is 5.13. The Hall–Kier alpha value is -3.11. The predicted molar refractivity (Wildman–Crippen MR) is 115 cm³/mol. The Labute approximate surface area is 168 Å². The van der Waals surface area contributed by atoms with Gasteiger partial charge in [-0.2, -0.15) is 0 Å². The maximum Gasteiger partial charge on any atom is 0.293 e. The van der Waals surface area contributed by atoms with E-state index in [4.69, 9.17) is 0 Å². The molecule has 1 heterocycles. The molecule has 0 unspecified atom stereocenters. The molecule has 0 bridgehead atoms. The van der Waals surface area contributed by atoms with Gasteiger partial charge in [0.1, 0.15) is 0 Å². The van der Waals surface area contributed by atoms with Gasteiger partial charge in [0, 0.05) is 0 Å². The number of hydrogen-bond donors (Lipinski definition) is 0. The van der Waals surface area contributed by atoms with Crippen LogP contribution in [0.3, 0.4) is 0 Å². The molecule has 28 heavy (non-hydrogen) atoms. The molecule has 0 atom stereocenters. The fourth-order valence-electron chi connectivity index (χ4n) is 3.15. The molecule has 0 spiro atoms. The molecule has 0 aliphatic carbocycles. The Bertz CT molecular complexity index is 1060. The topological polar surface area (TPSA) is 37.4 Å². The third-order valence-corrected chi connectivity index (χ3v) is 5.69. The number of benzene rings is 3. The van der Waals surface area contributed by atoms with Gasteiger partial charge in [0.05, 0.1) is 11.4 Å². The molecule has 138 valence electrons. The van der Waals surface area contributed by atoms with Crippen molar-refractivity contribution >= 4 is 29.0 Å². The fourth-order valence-corrected chi connectivity index (χ4v) is 3.99. The smallest absolute Gasteiger partial charge is 0.268 e. The molecule has 1 aliphatic heterocycles. The second-order valence-corrected chi connectivity index (χ2v) is 7.68. The highest BCUT2D eigenvalue weighted by molar-refractivity contribution is 8.18. The minimum absolute atomic E-state index is 0.222. The van der Waals surface area contributed by atoms with Crippen LogP contribution in [0.25, 0.3) is 17.2 Å². The zero-order valence-corrected chi connectivity index (χ0v) is 16.3. The van der Waals surface area contributed by atoms with E-state index < -0.39 is 0 Å². The van der Waals surface area contributed by atoms with Crippen LogP contribution in [0, 0.1) is 6.92 Å². The molecule has 1 saturated heterocycles. The molecule has 2 amide bonds. The second kappa shape index (κ2) is 7.87. The highest BCUT2D eigenvalue weighted by Gasteiger charge is 2.35. The van der Waals surface area contributed by atoms with E-state index >= 15 is 0 Å². The highest BCUT2D eigenvalue weighted by Crippen LogP contribution is 2.34. The maximum atomic E-state index is 12.7. The first kappa shape index (κ1) is 18.3. The molecule has 0 aromatic heterocycles. The first-order chi connectivity index (χ1) is 13.6. The Balaban J connectivity index is 1.53. The lowest BCUT2D eigenvalue weighted by atomic mass is 10.0. The summed E-state index contributed by atoms with van der Waals surface area (Å²) in [5, 5.41) is -0.222. The van der Waals surface area contributed by atoms with E-state index in [1.807, 2.05) is 73.7 Å². The van der Waals surface area contributed by atoms with Crippen molar-refractivity contribution in [2.45, 2.75) is 13.5 Å². The number of amides is 2. The maximum absolute atomic E-state index is 12.7. The number of thioether (sulfide) groups is 1. The third-order valence-electron chi connectivity index (χ3n) is 4.78. The third kappa shape index (κ3) is 3.78. The number of carbonyl (C=O) groups excluding carboxylic acids is 2. The Morgan fingerprint density at radius 3 is 2.18 bits per heavy atom. The van der Waals surface area contributed by atoms with E-state index in [1.54, 1.807) is 6.08 Å². The van der Waals surface area contributed by atoms with Gasteiger partial charge in [-0.1, -0.05) is 78.9 Å². The number of imide groups is 1. The largest absolute Gasteiger partial charge is 0.293 e. The summed E-state index contributed by atoms with van der Waals surface area (Å²) in [6, 6.07) is 25.9. The van der Waals surface area contributed by atoms with E-state index in [-0.39, 0.29) is 11.1 Å². The molecular weight excluding hydrogens is 366 g/mol. The van der Waals surface area contributed by atoms with Crippen molar-refractivity contribution in [1.82, 2.24) is 4.90 Å². The first-order valence-corrected chi connectivity index (χ1v) is 9.89. The quantitative estimate of drug-likeness (QED) is 0.525. The lowest BCUT2D eigenvalue weighted by molar-refractivity contribution is -0.123. The van der Waals surface area contributed by atoms with Crippen LogP contribution in [0.1, 0.15) is 16.7 Å². The van der Waals surface area contributed by atoms with Gasteiger partial charge in [0.2, 0.25) is 0 Å². The number of carbonyl (C=O) groups is 2. The summed E-state index contributed by atoms with van der Waals surface area (Å²) in [7, 11) is 0. The summed E-state index contributed by atoms with van der Waals surface area (Å²) in [5.74, 6) is -0.231. The van der Waals surface area contributed by atoms with Gasteiger partial charge < -0.3 is 0 Å². The molecule has 3 nitrogen and oxygen atoms in total. The summed E-state index contributed by atoms with van der Waals surface area (Å²) in [5.41, 5.74) is 5.22. The summed E-state index contributed by atoms with van der Waals surface area (Å²) in [6.07, 6.45) is 1.79. The summed E-state index contributed by atoms with van der Waals surface area (Å²) in [4.78, 5) is 26.9. The first-order valence-electron chi connectivity index (χ1n) is 9.07. The highest BCUT2D eigenvalue weighted by atomic mass is 32.2. The van der Waals surface area contributed by atoms with Crippen LogP contribution >= 0.6 is 11.8 Å². The van der Waals surface area contributed by atoms with Gasteiger partial charge in [0.25, 0.3) is 11.1 Å². The van der Waals surface area contributed by atoms with Crippen LogP contribution < -0.4 is 0 Å². The SMILES string of the molecule is Cc1ccccc1CN1C(=O)S/C(=C\c2ccc(-c3ccccc3)cc2)C1=O. The molecule has 3 aromatic carbocycles. The molecule has 0 saturated carbocycles. The van der Waals surface area contributed by atoms with E-state index in [0.29, 0.717) is 11.4 Å². The van der Waals surface area contributed by atoms with Crippen LogP contribution in [0.4, 0.5) is 4.79 Å². The summed E-state index contributed by atoms with van der Waals surface area (Å²) in [6.45, 7) is 2.29. The number of hydrogen-bond acceptors (Lipinski definition) is 3. The van der Waals surface area contributed by atoms with Gasteiger partial charge in [-0.05, 0) is 52.6 Å². The van der Waals surface area contributed by atoms with E-state index in [2.05, 4.69) is 12.1 Å². The lowest BCUT2D eigenvalue weighted by Crippen LogP contribution is -2.27. The molecule has 1 fully saturated rings. The van der Waals surface area contributed by atoms with Crippen molar-refractivity contribution < 1.29 is 9.59 Å². The molecule has 4 rings (SSSR count). The van der Waals surface area contributed by atoms with E-state index in [0.717, 1.165) is 39.6 Å². The normalized spacial score (nSPS) is 15.5. The molecule has 3 aromatic rings. The number of nitrogens with zero attached hydrogens (tertiary/aromatic N) is 1. The predicted octanol–water partition coefficient (Wildman–Crippen LogP) is 5.90. The van der Waals surface area contributed by atoms with Crippen molar-refractivity contribution in [3.63, 3.8) is 0 Å². The van der Waals surface area contributed by atoms with Crippen molar-refractivity contribution in [2.24, 2.45) is 0 Å². The number of rotatable bonds is 4. The van der Waals surface area contributed by atoms with E-state index in [1.165, 1.54) is 4.90 Å². The van der Waals surface area contributed by atoms with Crippen LogP contribution in [0.5, 0.6) is 0 Å². The molecule has 1 aliphatic rings. The van der Waals surface area contributed by atoms with Gasteiger partial charge in [-0.25, -0.2) is 0 Å². The Morgan fingerprint density at radius 2 is 1.46 bits per heavy atom. The van der Waals surface area contributed by atoms with Crippen molar-refractivity contribution in [3.05, 3.63) is 100 Å². The number of aryl methyl sites for hydroxylation is 1.